The van der Waals surface area contributed by atoms with Crippen LogP contribution in [0.4, 0.5) is 22.4 Å². The molecule has 2 N–H and O–H groups in total. The van der Waals surface area contributed by atoms with Crippen LogP contribution in [-0.4, -0.2) is 55.0 Å². The maximum absolute atomic E-state index is 14.1. The molecule has 1 fully saturated rings. The van der Waals surface area contributed by atoms with Crippen molar-refractivity contribution >= 4 is 6.09 Å². The van der Waals surface area contributed by atoms with Crippen LogP contribution in [0.5, 0.6) is 11.5 Å². The summed E-state index contributed by atoms with van der Waals surface area (Å²) in [6.45, 7) is 7.64. The monoisotopic (exact) mass is 572 g/mol. The maximum Gasteiger partial charge on any atom is 0.410 e. The van der Waals surface area contributed by atoms with E-state index >= 15 is 0 Å². The smallest absolute Gasteiger partial charge is 0.410 e. The average molecular weight is 573 g/mol. The van der Waals surface area contributed by atoms with Crippen LogP contribution in [0.3, 0.4) is 0 Å². The molecule has 0 aromatic heterocycles. The Morgan fingerprint density at radius 2 is 1.40 bits per heavy atom. The molecule has 2 aromatic carbocycles. The summed E-state index contributed by atoms with van der Waals surface area (Å²) in [4.78, 5) is 13.8. The van der Waals surface area contributed by atoms with Gasteiger partial charge in [0.25, 0.3) is 0 Å². The Kier molecular flexibility index (Phi) is 14.6. The van der Waals surface area contributed by atoms with Crippen LogP contribution in [-0.2, 0) is 18.0 Å². The molecule has 1 amide bonds. The van der Waals surface area contributed by atoms with Gasteiger partial charge in [-0.25, -0.2) is 22.4 Å². The number of halogens is 4. The summed E-state index contributed by atoms with van der Waals surface area (Å²) in [6.07, 6.45) is 3.78. The molecule has 2 aromatic rings. The van der Waals surface area contributed by atoms with E-state index in [-0.39, 0.29) is 28.7 Å². The van der Waals surface area contributed by atoms with Crippen LogP contribution in [0.2, 0.25) is 0 Å². The lowest BCUT2D eigenvalue weighted by Crippen LogP contribution is -2.53. The summed E-state index contributed by atoms with van der Waals surface area (Å²) < 4.78 is 70.1. The number of ether oxygens (including phenoxy) is 3. The van der Waals surface area contributed by atoms with E-state index in [9.17, 15) is 22.4 Å². The fraction of sp³-hybridized carbons (Fsp3) is 0.552. The summed E-state index contributed by atoms with van der Waals surface area (Å²) in [5, 5.41) is 11.9. The normalized spacial score (nSPS) is 14.8. The lowest BCUT2D eigenvalue weighted by atomic mass is 10.1. The Morgan fingerprint density at radius 1 is 0.900 bits per heavy atom. The molecule has 224 valence electrons. The largest absolute Gasteiger partial charge is 0.493 e. The van der Waals surface area contributed by atoms with Crippen LogP contribution in [0.1, 0.15) is 64.0 Å². The first-order valence-electron chi connectivity index (χ1n) is 13.7. The standard InChI is InChI=1S/C18H26F2N2O3.C11H14F2O2/c1-3-5-8-24-14-9-16(19)15(17(20)10-14)12-25-18(23)22-7-6-21-11-13(22)4-2;1-2-3-4-15-8-5-10(12)9(7-14)11(13)6-8/h9-10,13,21H,3-8,11-12H2,1-2H3;5-6,14H,2-4,7H2,1H3. The Bertz CT molecular complexity index is 1030. The van der Waals surface area contributed by atoms with E-state index in [1.54, 1.807) is 4.90 Å². The van der Waals surface area contributed by atoms with Gasteiger partial charge in [0.05, 0.1) is 25.4 Å². The minimum absolute atomic E-state index is 0.0327. The van der Waals surface area contributed by atoms with Gasteiger partial charge >= 0.3 is 6.09 Å². The highest BCUT2D eigenvalue weighted by Crippen LogP contribution is 2.23. The molecular weight excluding hydrogens is 532 g/mol. The number of carbonyl (C=O) groups excluding carboxylic acids is 1. The molecule has 1 aliphatic heterocycles. The zero-order valence-electron chi connectivity index (χ0n) is 23.4. The number of rotatable bonds is 12. The Labute approximate surface area is 233 Å². The molecule has 1 atom stereocenters. The van der Waals surface area contributed by atoms with E-state index < -0.39 is 42.6 Å². The van der Waals surface area contributed by atoms with Gasteiger partial charge in [0.1, 0.15) is 41.4 Å². The third-order valence-corrected chi connectivity index (χ3v) is 6.32. The number of hydrogen-bond acceptors (Lipinski definition) is 6. The Morgan fingerprint density at radius 3 is 1.85 bits per heavy atom. The van der Waals surface area contributed by atoms with E-state index in [1.165, 1.54) is 0 Å². The molecule has 0 radical (unpaired) electrons. The molecule has 40 heavy (non-hydrogen) atoms. The highest BCUT2D eigenvalue weighted by Gasteiger charge is 2.27. The van der Waals surface area contributed by atoms with E-state index in [0.29, 0.717) is 32.8 Å². The predicted molar refractivity (Wildman–Crippen MR) is 143 cm³/mol. The summed E-state index contributed by atoms with van der Waals surface area (Å²) >= 11 is 0. The number of nitrogens with zero attached hydrogens (tertiary/aromatic N) is 1. The molecular formula is C29H40F4N2O5. The number of carbonyl (C=O) groups is 1. The number of aliphatic hydroxyl groups is 1. The summed E-state index contributed by atoms with van der Waals surface area (Å²) in [7, 11) is 0. The van der Waals surface area contributed by atoms with E-state index in [0.717, 1.165) is 56.4 Å². The van der Waals surface area contributed by atoms with Crippen molar-refractivity contribution in [2.45, 2.75) is 72.1 Å². The van der Waals surface area contributed by atoms with Gasteiger partial charge in [-0.05, 0) is 19.3 Å². The molecule has 7 nitrogen and oxygen atoms in total. The molecule has 0 spiro atoms. The van der Waals surface area contributed by atoms with Crippen molar-refractivity contribution in [1.29, 1.82) is 0 Å². The van der Waals surface area contributed by atoms with Crippen LogP contribution < -0.4 is 14.8 Å². The highest BCUT2D eigenvalue weighted by molar-refractivity contribution is 5.68. The van der Waals surface area contributed by atoms with Crippen molar-refractivity contribution < 1.29 is 41.7 Å². The first-order valence-corrected chi connectivity index (χ1v) is 13.7. The van der Waals surface area contributed by atoms with E-state index in [2.05, 4.69) is 5.32 Å². The molecule has 1 heterocycles. The third kappa shape index (κ3) is 10.2. The first-order chi connectivity index (χ1) is 19.2. The molecule has 1 unspecified atom stereocenters. The summed E-state index contributed by atoms with van der Waals surface area (Å²) in [5.41, 5.74) is -0.586. The van der Waals surface area contributed by atoms with Gasteiger partial charge in [-0.15, -0.1) is 0 Å². The highest BCUT2D eigenvalue weighted by atomic mass is 19.1. The van der Waals surface area contributed by atoms with Crippen molar-refractivity contribution in [2.75, 3.05) is 32.8 Å². The SMILES string of the molecule is CCCCOc1cc(F)c(CO)c(F)c1.CCCCOc1cc(F)c(COC(=O)N2CCNCC2CC)c(F)c1. The van der Waals surface area contributed by atoms with Crippen molar-refractivity contribution in [3.63, 3.8) is 0 Å². The first kappa shape index (κ1) is 33.2. The van der Waals surface area contributed by atoms with Gasteiger partial charge in [-0.1, -0.05) is 33.6 Å². The van der Waals surface area contributed by atoms with Gasteiger partial charge in [0.15, 0.2) is 0 Å². The summed E-state index contributed by atoms with van der Waals surface area (Å²) in [5.74, 6) is -2.78. The minimum atomic E-state index is -0.774. The van der Waals surface area contributed by atoms with Crippen LogP contribution in [0, 0.1) is 23.3 Å². The molecule has 0 aliphatic carbocycles. The van der Waals surface area contributed by atoms with Crippen LogP contribution in [0.25, 0.3) is 0 Å². The topological polar surface area (TPSA) is 80.3 Å². The van der Waals surface area contributed by atoms with Crippen LogP contribution >= 0.6 is 0 Å². The fourth-order valence-electron chi connectivity index (χ4n) is 3.87. The maximum atomic E-state index is 14.1. The van der Waals surface area contributed by atoms with Crippen molar-refractivity contribution in [3.8, 4) is 11.5 Å². The predicted octanol–water partition coefficient (Wildman–Crippen LogP) is 6.10. The number of hydrogen-bond donors (Lipinski definition) is 2. The van der Waals surface area contributed by atoms with Gasteiger partial charge in [-0.3, -0.25) is 0 Å². The van der Waals surface area contributed by atoms with Gasteiger partial charge < -0.3 is 29.5 Å². The zero-order chi connectivity index (χ0) is 29.5. The molecule has 1 saturated heterocycles. The summed E-state index contributed by atoms with van der Waals surface area (Å²) in [6, 6.07) is 4.46. The lowest BCUT2D eigenvalue weighted by Gasteiger charge is -2.34. The molecule has 1 aliphatic rings. The number of benzene rings is 2. The van der Waals surface area contributed by atoms with Crippen molar-refractivity contribution in [3.05, 3.63) is 58.7 Å². The second-order valence-electron chi connectivity index (χ2n) is 9.31. The third-order valence-electron chi connectivity index (χ3n) is 6.32. The second-order valence-corrected chi connectivity index (χ2v) is 9.31. The average Bonchev–Trinajstić information content (AvgIpc) is 2.93. The van der Waals surface area contributed by atoms with Crippen LogP contribution in [0.15, 0.2) is 24.3 Å². The minimum Gasteiger partial charge on any atom is -0.493 e. The van der Waals surface area contributed by atoms with E-state index in [1.807, 2.05) is 20.8 Å². The van der Waals surface area contributed by atoms with Gasteiger partial charge in [0, 0.05) is 55.5 Å². The second kappa shape index (κ2) is 17.6. The number of aliphatic hydroxyl groups excluding tert-OH is 1. The van der Waals surface area contributed by atoms with Crippen molar-refractivity contribution in [2.24, 2.45) is 0 Å². The Hall–Kier alpha value is -3.05. The molecule has 0 saturated carbocycles. The zero-order valence-corrected chi connectivity index (χ0v) is 23.4. The van der Waals surface area contributed by atoms with Crippen molar-refractivity contribution in [1.82, 2.24) is 10.2 Å². The lowest BCUT2D eigenvalue weighted by molar-refractivity contribution is 0.0699. The molecule has 0 bridgehead atoms. The quantitative estimate of drug-likeness (QED) is 0.236. The Balaban J connectivity index is 0.000000319. The van der Waals surface area contributed by atoms with Gasteiger partial charge in [0.2, 0.25) is 0 Å². The molecule has 11 heteroatoms. The number of unbranched alkanes of at least 4 members (excludes halogenated alkanes) is 2. The van der Waals surface area contributed by atoms with Gasteiger partial charge in [-0.2, -0.15) is 0 Å². The van der Waals surface area contributed by atoms with E-state index in [4.69, 9.17) is 19.3 Å². The fourth-order valence-corrected chi connectivity index (χ4v) is 3.87. The molecule has 3 rings (SSSR count). The number of amides is 1. The number of nitrogens with one attached hydrogen (secondary N) is 1. The number of piperazine rings is 1.